The zero-order chi connectivity index (χ0) is 14.9. The maximum absolute atomic E-state index is 9.43. The van der Waals surface area contributed by atoms with Crippen LogP contribution in [0, 0.1) is 0 Å². The Morgan fingerprint density at radius 2 is 1.47 bits per heavy atom. The fourth-order valence-electron chi connectivity index (χ4n) is 1.24. The van der Waals surface area contributed by atoms with Crippen LogP contribution in [0.4, 0.5) is 0 Å². The first kappa shape index (κ1) is 17.1. The lowest BCUT2D eigenvalue weighted by atomic mass is 10.1. The number of hydrogen-bond donors (Lipinski definition) is 2. The summed E-state index contributed by atoms with van der Waals surface area (Å²) < 4.78 is 1.04. The normalized spacial score (nSPS) is 10.3. The van der Waals surface area contributed by atoms with Crippen LogP contribution in [0.2, 0.25) is 0 Å². The number of carboxylic acids is 2. The molecule has 0 radical (unpaired) electrons. The number of nitrogens with zero attached hydrogens (tertiary/aromatic N) is 1. The largest absolute Gasteiger partial charge is 0.481 e. The summed E-state index contributed by atoms with van der Waals surface area (Å²) in [7, 11) is 6.68. The molecule has 0 atom stereocenters. The average molecular weight is 268 g/mol. The molecule has 0 fully saturated rings. The number of carbonyl (C=O) groups is 2. The van der Waals surface area contributed by atoms with Crippen molar-refractivity contribution in [1.82, 2.24) is 0 Å². The summed E-state index contributed by atoms with van der Waals surface area (Å²) in [6.45, 7) is 1.20. The van der Waals surface area contributed by atoms with Crippen LogP contribution < -0.4 is 0 Å². The van der Waals surface area contributed by atoms with Crippen LogP contribution in [-0.2, 0) is 16.0 Å². The molecule has 106 valence electrons. The predicted molar refractivity (Wildman–Crippen MR) is 72.9 cm³/mol. The maximum Gasteiger partial charge on any atom is 0.314 e. The zero-order valence-electron chi connectivity index (χ0n) is 11.7. The van der Waals surface area contributed by atoms with Crippen LogP contribution in [-0.4, -0.2) is 54.3 Å². The van der Waals surface area contributed by atoms with Gasteiger partial charge < -0.3 is 14.7 Å². The van der Waals surface area contributed by atoms with E-state index in [1.54, 1.807) is 0 Å². The Morgan fingerprint density at radius 1 is 1.00 bits per heavy atom. The number of hydrogen-bond acceptors (Lipinski definition) is 2. The van der Waals surface area contributed by atoms with Crippen LogP contribution in [0.3, 0.4) is 0 Å². The van der Waals surface area contributed by atoms with Crippen molar-refractivity contribution in [3.8, 4) is 0 Å². The van der Waals surface area contributed by atoms with E-state index in [4.69, 9.17) is 10.2 Å². The second-order valence-electron chi connectivity index (χ2n) is 5.21. The highest BCUT2D eigenvalue weighted by atomic mass is 16.4. The summed E-state index contributed by atoms with van der Waals surface area (Å²) in [4.78, 5) is 18.9. The average Bonchev–Trinajstić information content (AvgIpc) is 2.26. The Morgan fingerprint density at radius 3 is 1.79 bits per heavy atom. The molecule has 1 aromatic rings. The second-order valence-corrected chi connectivity index (χ2v) is 5.21. The van der Waals surface area contributed by atoms with E-state index in [0.29, 0.717) is 0 Å². The number of quaternary nitrogens is 1. The standard InChI is InChI=1S/C11H18N.C3H4O4/c1-12(2,3)10-9-11-7-5-4-6-8-11;4-2(5)1-3(6)7/h4-8H,9-10H2,1-3H3;1H2,(H,4,5)(H,6,7)/q+1;. The smallest absolute Gasteiger partial charge is 0.314 e. The van der Waals surface area contributed by atoms with Crippen LogP contribution in [0.15, 0.2) is 30.3 Å². The van der Waals surface area contributed by atoms with Gasteiger partial charge in [-0.05, 0) is 5.56 Å². The van der Waals surface area contributed by atoms with Crippen LogP contribution in [0.1, 0.15) is 12.0 Å². The molecule has 0 amide bonds. The van der Waals surface area contributed by atoms with Crippen LogP contribution in [0.5, 0.6) is 0 Å². The minimum absolute atomic E-state index is 0.806. The maximum atomic E-state index is 9.43. The third-order valence-corrected chi connectivity index (χ3v) is 2.22. The molecule has 1 rings (SSSR count). The topological polar surface area (TPSA) is 74.6 Å². The van der Waals surface area contributed by atoms with Gasteiger partial charge in [0.25, 0.3) is 0 Å². The van der Waals surface area contributed by atoms with E-state index in [9.17, 15) is 9.59 Å². The highest BCUT2D eigenvalue weighted by Gasteiger charge is 2.05. The van der Waals surface area contributed by atoms with E-state index in [-0.39, 0.29) is 0 Å². The van der Waals surface area contributed by atoms with E-state index < -0.39 is 18.4 Å². The van der Waals surface area contributed by atoms with Gasteiger partial charge in [-0.25, -0.2) is 0 Å². The van der Waals surface area contributed by atoms with Crippen molar-refractivity contribution in [2.24, 2.45) is 0 Å². The molecule has 2 N–H and O–H groups in total. The molecule has 0 saturated heterocycles. The Balaban J connectivity index is 0.000000399. The number of rotatable bonds is 5. The van der Waals surface area contributed by atoms with Gasteiger partial charge in [-0.15, -0.1) is 0 Å². The van der Waals surface area contributed by atoms with Crippen molar-refractivity contribution in [3.05, 3.63) is 35.9 Å². The molecule has 19 heavy (non-hydrogen) atoms. The van der Waals surface area contributed by atoms with Crippen molar-refractivity contribution in [3.63, 3.8) is 0 Å². The van der Waals surface area contributed by atoms with Crippen molar-refractivity contribution in [2.75, 3.05) is 27.7 Å². The number of likely N-dealkylation sites (N-methyl/N-ethyl adjacent to an activating group) is 1. The Labute approximate surface area is 113 Å². The van der Waals surface area contributed by atoms with Crippen molar-refractivity contribution < 1.29 is 24.3 Å². The molecule has 5 heteroatoms. The van der Waals surface area contributed by atoms with Gasteiger partial charge in [-0.2, -0.15) is 0 Å². The quantitative estimate of drug-likeness (QED) is 0.626. The summed E-state index contributed by atoms with van der Waals surface area (Å²) in [6.07, 6.45) is 0.365. The lowest BCUT2D eigenvalue weighted by Crippen LogP contribution is -2.36. The number of aliphatic carboxylic acids is 2. The summed E-state index contributed by atoms with van der Waals surface area (Å²) in [6, 6.07) is 10.6. The predicted octanol–water partition coefficient (Wildman–Crippen LogP) is 1.48. The van der Waals surface area contributed by atoms with Crippen molar-refractivity contribution in [2.45, 2.75) is 12.8 Å². The third kappa shape index (κ3) is 12.4. The first-order chi connectivity index (χ1) is 8.70. The van der Waals surface area contributed by atoms with Gasteiger partial charge in [0.2, 0.25) is 0 Å². The molecule has 0 bridgehead atoms. The molecular formula is C14H22NO4+. The Hall–Kier alpha value is -1.88. The van der Waals surface area contributed by atoms with Gasteiger partial charge in [-0.3, -0.25) is 9.59 Å². The number of benzene rings is 1. The number of carboxylic acid groups (broad SMARTS) is 2. The molecule has 0 saturated carbocycles. The summed E-state index contributed by atoms with van der Waals surface area (Å²) >= 11 is 0. The van der Waals surface area contributed by atoms with Gasteiger partial charge in [-0.1, -0.05) is 30.3 Å². The van der Waals surface area contributed by atoms with Crippen molar-refractivity contribution in [1.29, 1.82) is 0 Å². The molecule has 0 unspecified atom stereocenters. The lowest BCUT2D eigenvalue weighted by molar-refractivity contribution is -0.870. The fourth-order valence-corrected chi connectivity index (χ4v) is 1.24. The van der Waals surface area contributed by atoms with E-state index in [1.807, 2.05) is 0 Å². The van der Waals surface area contributed by atoms with Crippen LogP contribution >= 0.6 is 0 Å². The molecule has 0 aliphatic heterocycles. The molecular weight excluding hydrogens is 246 g/mol. The third-order valence-electron chi connectivity index (χ3n) is 2.22. The van der Waals surface area contributed by atoms with E-state index in [2.05, 4.69) is 51.5 Å². The molecule has 5 nitrogen and oxygen atoms in total. The first-order valence-electron chi connectivity index (χ1n) is 5.98. The Kier molecular flexibility index (Phi) is 7.44. The lowest BCUT2D eigenvalue weighted by Gasteiger charge is -2.23. The van der Waals surface area contributed by atoms with Crippen molar-refractivity contribution >= 4 is 11.9 Å². The highest BCUT2D eigenvalue weighted by molar-refractivity contribution is 5.88. The summed E-state index contributed by atoms with van der Waals surface area (Å²) in [5, 5.41) is 15.4. The molecule has 0 aliphatic carbocycles. The molecule has 0 spiro atoms. The molecule has 0 aliphatic rings. The molecule has 0 heterocycles. The second kappa shape index (κ2) is 8.26. The van der Waals surface area contributed by atoms with Gasteiger partial charge in [0.05, 0.1) is 27.7 Å². The SMILES string of the molecule is C[N+](C)(C)CCc1ccccc1.O=C(O)CC(=O)O. The first-order valence-corrected chi connectivity index (χ1v) is 5.98. The van der Waals surface area contributed by atoms with Gasteiger partial charge >= 0.3 is 11.9 Å². The summed E-state index contributed by atoms with van der Waals surface area (Å²) in [5.41, 5.74) is 1.44. The van der Waals surface area contributed by atoms with Gasteiger partial charge in [0, 0.05) is 6.42 Å². The summed E-state index contributed by atoms with van der Waals surface area (Å²) in [5.74, 6) is -2.62. The van der Waals surface area contributed by atoms with Gasteiger partial charge in [0.15, 0.2) is 0 Å². The minimum Gasteiger partial charge on any atom is -0.481 e. The van der Waals surface area contributed by atoms with Crippen LogP contribution in [0.25, 0.3) is 0 Å². The molecule has 0 aromatic heterocycles. The Bertz CT molecular complexity index is 384. The zero-order valence-corrected chi connectivity index (χ0v) is 11.7. The fraction of sp³-hybridized carbons (Fsp3) is 0.429. The monoisotopic (exact) mass is 268 g/mol. The molecule has 1 aromatic carbocycles. The highest BCUT2D eigenvalue weighted by Crippen LogP contribution is 2.02. The van der Waals surface area contributed by atoms with E-state index in [0.717, 1.165) is 4.48 Å². The minimum atomic E-state index is -1.31. The van der Waals surface area contributed by atoms with E-state index in [1.165, 1.54) is 18.5 Å². The van der Waals surface area contributed by atoms with Gasteiger partial charge in [0.1, 0.15) is 6.42 Å². The van der Waals surface area contributed by atoms with E-state index >= 15 is 0 Å².